The van der Waals surface area contributed by atoms with E-state index in [2.05, 4.69) is 29.0 Å². The van der Waals surface area contributed by atoms with Crippen LogP contribution in [-0.4, -0.2) is 36.1 Å². The monoisotopic (exact) mass is 323 g/mol. The molecule has 3 nitrogen and oxygen atoms in total. The van der Waals surface area contributed by atoms with Gasteiger partial charge < -0.3 is 10.2 Å². The normalized spacial score (nSPS) is 12.2. The molecule has 7 heteroatoms. The molecule has 0 radical (unpaired) electrons. The third kappa shape index (κ3) is 6.52. The zero-order valence-electron chi connectivity index (χ0n) is 12.5. The fourth-order valence-corrected chi connectivity index (χ4v) is 1.92. The maximum absolute atomic E-state index is 12.6. The summed E-state index contributed by atoms with van der Waals surface area (Å²) in [5.41, 5.74) is -0.787. The molecule has 1 heterocycles. The number of unbranched alkanes of at least 4 members (excludes halogenated alkanes) is 1. The Balaban J connectivity index is 2.44. The molecular formula is C14H21ClF3N3. The summed E-state index contributed by atoms with van der Waals surface area (Å²) in [6.45, 7) is 5.76. The van der Waals surface area contributed by atoms with Gasteiger partial charge in [0.05, 0.1) is 5.56 Å². The molecule has 0 spiro atoms. The van der Waals surface area contributed by atoms with Crippen molar-refractivity contribution in [2.75, 3.05) is 25.5 Å². The van der Waals surface area contributed by atoms with Gasteiger partial charge in [-0.2, -0.15) is 13.2 Å². The average Bonchev–Trinajstić information content (AvgIpc) is 2.36. The van der Waals surface area contributed by atoms with E-state index < -0.39 is 11.7 Å². The van der Waals surface area contributed by atoms with E-state index in [1.807, 2.05) is 7.05 Å². The summed E-state index contributed by atoms with van der Waals surface area (Å²) < 4.78 is 37.9. The largest absolute Gasteiger partial charge is 0.416 e. The van der Waals surface area contributed by atoms with Crippen molar-refractivity contribution in [3.8, 4) is 0 Å². The van der Waals surface area contributed by atoms with Crippen LogP contribution < -0.4 is 5.32 Å². The lowest BCUT2D eigenvalue weighted by molar-refractivity contribution is -0.137. The molecule has 0 aliphatic rings. The predicted molar refractivity (Wildman–Crippen MR) is 79.7 cm³/mol. The van der Waals surface area contributed by atoms with Crippen LogP contribution in [0, 0.1) is 0 Å². The van der Waals surface area contributed by atoms with Gasteiger partial charge in [-0.05, 0) is 52.4 Å². The molecule has 0 bridgehead atoms. The molecule has 0 saturated carbocycles. The van der Waals surface area contributed by atoms with Crippen molar-refractivity contribution >= 4 is 17.4 Å². The van der Waals surface area contributed by atoms with E-state index in [-0.39, 0.29) is 11.0 Å². The zero-order valence-corrected chi connectivity index (χ0v) is 13.2. The number of hydrogen-bond donors (Lipinski definition) is 1. The van der Waals surface area contributed by atoms with Crippen molar-refractivity contribution < 1.29 is 13.2 Å². The lowest BCUT2D eigenvalue weighted by Crippen LogP contribution is -2.27. The molecule has 0 aliphatic heterocycles. The van der Waals surface area contributed by atoms with E-state index in [9.17, 15) is 13.2 Å². The third-order valence-corrected chi connectivity index (χ3v) is 3.44. The Bertz CT molecular complexity index is 450. The summed E-state index contributed by atoms with van der Waals surface area (Å²) in [4.78, 5) is 6.07. The Morgan fingerprint density at radius 3 is 2.52 bits per heavy atom. The molecule has 0 aliphatic carbocycles. The summed E-state index contributed by atoms with van der Waals surface area (Å²) in [5, 5.41) is 2.73. The van der Waals surface area contributed by atoms with Crippen molar-refractivity contribution in [3.63, 3.8) is 0 Å². The van der Waals surface area contributed by atoms with Crippen molar-refractivity contribution in [3.05, 3.63) is 22.8 Å². The quantitative estimate of drug-likeness (QED) is 0.599. The summed E-state index contributed by atoms with van der Waals surface area (Å²) in [6, 6.07) is 2.29. The minimum Gasteiger partial charge on any atom is -0.370 e. The Morgan fingerprint density at radius 2 is 1.95 bits per heavy atom. The van der Waals surface area contributed by atoms with E-state index in [0.29, 0.717) is 12.6 Å². The van der Waals surface area contributed by atoms with Crippen LogP contribution in [0.3, 0.4) is 0 Å². The molecular weight excluding hydrogens is 303 g/mol. The van der Waals surface area contributed by atoms with Gasteiger partial charge in [0.2, 0.25) is 0 Å². The molecule has 0 fully saturated rings. The number of alkyl halides is 3. The van der Waals surface area contributed by atoms with Crippen molar-refractivity contribution in [2.45, 2.75) is 38.9 Å². The SMILES string of the molecule is CC(C)N(C)CCCCNc1cc(C(F)(F)F)cc(Cl)n1. The highest BCUT2D eigenvalue weighted by Crippen LogP contribution is 2.31. The molecule has 0 amide bonds. The molecule has 0 saturated heterocycles. The number of nitrogens with one attached hydrogen (secondary N) is 1. The maximum Gasteiger partial charge on any atom is 0.416 e. The highest BCUT2D eigenvalue weighted by Gasteiger charge is 2.31. The van der Waals surface area contributed by atoms with Gasteiger partial charge in [0.15, 0.2) is 0 Å². The van der Waals surface area contributed by atoms with E-state index >= 15 is 0 Å². The maximum atomic E-state index is 12.6. The molecule has 1 aromatic rings. The van der Waals surface area contributed by atoms with Crippen LogP contribution in [-0.2, 0) is 6.18 Å². The Kier molecular flexibility index (Phi) is 6.74. The minimum atomic E-state index is -4.41. The summed E-state index contributed by atoms with van der Waals surface area (Å²) in [5.74, 6) is 0.159. The van der Waals surface area contributed by atoms with Gasteiger partial charge in [-0.15, -0.1) is 0 Å². The lowest BCUT2D eigenvalue weighted by Gasteiger charge is -2.20. The first-order valence-corrected chi connectivity index (χ1v) is 7.27. The van der Waals surface area contributed by atoms with Gasteiger partial charge in [0, 0.05) is 12.6 Å². The molecule has 120 valence electrons. The van der Waals surface area contributed by atoms with E-state index in [1.165, 1.54) is 0 Å². The molecule has 0 aromatic carbocycles. The van der Waals surface area contributed by atoms with Gasteiger partial charge in [-0.1, -0.05) is 11.6 Å². The fourth-order valence-electron chi connectivity index (χ4n) is 1.71. The first-order valence-electron chi connectivity index (χ1n) is 6.89. The number of hydrogen-bond acceptors (Lipinski definition) is 3. The van der Waals surface area contributed by atoms with Crippen molar-refractivity contribution in [1.82, 2.24) is 9.88 Å². The minimum absolute atomic E-state index is 0.159. The second-order valence-electron chi connectivity index (χ2n) is 5.27. The average molecular weight is 324 g/mol. The number of anilines is 1. The molecule has 1 rings (SSSR count). The molecule has 0 atom stereocenters. The van der Waals surface area contributed by atoms with Gasteiger partial charge in [-0.25, -0.2) is 4.98 Å². The topological polar surface area (TPSA) is 28.2 Å². The van der Waals surface area contributed by atoms with Crippen LogP contribution in [0.1, 0.15) is 32.3 Å². The predicted octanol–water partition coefficient (Wildman–Crippen LogP) is 4.29. The highest BCUT2D eigenvalue weighted by atomic mass is 35.5. The summed E-state index contributed by atoms with van der Waals surface area (Å²) >= 11 is 5.61. The molecule has 1 aromatic heterocycles. The van der Waals surface area contributed by atoms with Crippen LogP contribution in [0.15, 0.2) is 12.1 Å². The van der Waals surface area contributed by atoms with E-state index in [4.69, 9.17) is 11.6 Å². The van der Waals surface area contributed by atoms with Gasteiger partial charge in [-0.3, -0.25) is 0 Å². The van der Waals surface area contributed by atoms with Gasteiger partial charge in [0.25, 0.3) is 0 Å². The van der Waals surface area contributed by atoms with Gasteiger partial charge >= 0.3 is 6.18 Å². The Hall–Kier alpha value is -1.01. The smallest absolute Gasteiger partial charge is 0.370 e. The van der Waals surface area contributed by atoms with Crippen LogP contribution in [0.25, 0.3) is 0 Å². The lowest BCUT2D eigenvalue weighted by atomic mass is 10.2. The van der Waals surface area contributed by atoms with E-state index in [0.717, 1.165) is 31.5 Å². The molecule has 21 heavy (non-hydrogen) atoms. The number of aromatic nitrogens is 1. The van der Waals surface area contributed by atoms with Crippen molar-refractivity contribution in [2.24, 2.45) is 0 Å². The van der Waals surface area contributed by atoms with Crippen molar-refractivity contribution in [1.29, 1.82) is 0 Å². The van der Waals surface area contributed by atoms with Crippen LogP contribution in [0.5, 0.6) is 0 Å². The standard InChI is InChI=1S/C14H21ClF3N3/c1-10(2)21(3)7-5-4-6-19-13-9-11(14(16,17)18)8-12(15)20-13/h8-10H,4-7H2,1-3H3,(H,19,20). The van der Waals surface area contributed by atoms with Crippen LogP contribution in [0.4, 0.5) is 19.0 Å². The van der Waals surface area contributed by atoms with E-state index in [1.54, 1.807) is 0 Å². The number of nitrogens with zero attached hydrogens (tertiary/aromatic N) is 2. The second-order valence-corrected chi connectivity index (χ2v) is 5.66. The summed E-state index contributed by atoms with van der Waals surface area (Å²) in [6.07, 6.45) is -2.59. The van der Waals surface area contributed by atoms with Crippen LogP contribution >= 0.6 is 11.6 Å². The number of halogens is 4. The molecule has 0 unspecified atom stereocenters. The first-order chi connectivity index (χ1) is 9.70. The first kappa shape index (κ1) is 18.0. The Morgan fingerprint density at radius 1 is 1.29 bits per heavy atom. The molecule has 1 N–H and O–H groups in total. The highest BCUT2D eigenvalue weighted by molar-refractivity contribution is 6.29. The Labute approximate surface area is 128 Å². The van der Waals surface area contributed by atoms with Crippen LogP contribution in [0.2, 0.25) is 5.15 Å². The second kappa shape index (κ2) is 7.84. The third-order valence-electron chi connectivity index (χ3n) is 3.25. The zero-order chi connectivity index (χ0) is 16.0. The van der Waals surface area contributed by atoms with Gasteiger partial charge in [0.1, 0.15) is 11.0 Å². The number of pyridine rings is 1. The number of rotatable bonds is 7. The summed E-state index contributed by atoms with van der Waals surface area (Å²) in [7, 11) is 2.05. The fraction of sp³-hybridized carbons (Fsp3) is 0.643.